The van der Waals surface area contributed by atoms with Crippen molar-refractivity contribution in [1.29, 1.82) is 0 Å². The molecule has 1 saturated heterocycles. The Labute approximate surface area is 115 Å². The number of rotatable bonds is 2. The van der Waals surface area contributed by atoms with Crippen LogP contribution < -0.4 is 5.73 Å². The Morgan fingerprint density at radius 1 is 1.26 bits per heavy atom. The standard InChI is InChI=1S/C14H22N2O2S/c1-10-6-7-13(9-12(10)3)19(17,18)16-8-4-5-11(2)14(16)15/h6-7,9,11,14H,4-5,8,15H2,1-3H3. The molecule has 0 saturated carbocycles. The van der Waals surface area contributed by atoms with Crippen LogP contribution in [0.25, 0.3) is 0 Å². The van der Waals surface area contributed by atoms with Gasteiger partial charge >= 0.3 is 0 Å². The summed E-state index contributed by atoms with van der Waals surface area (Å²) in [5, 5.41) is 0. The highest BCUT2D eigenvalue weighted by molar-refractivity contribution is 7.89. The zero-order valence-electron chi connectivity index (χ0n) is 11.8. The molecule has 1 aliphatic heterocycles. The Bertz CT molecular complexity index is 569. The van der Waals surface area contributed by atoms with Crippen molar-refractivity contribution in [2.24, 2.45) is 11.7 Å². The van der Waals surface area contributed by atoms with Gasteiger partial charge in [-0.25, -0.2) is 8.42 Å². The first-order chi connectivity index (χ1) is 8.84. The van der Waals surface area contributed by atoms with Crippen LogP contribution in [-0.4, -0.2) is 25.4 Å². The van der Waals surface area contributed by atoms with Crippen molar-refractivity contribution < 1.29 is 8.42 Å². The van der Waals surface area contributed by atoms with Crippen molar-refractivity contribution in [2.45, 2.75) is 44.7 Å². The summed E-state index contributed by atoms with van der Waals surface area (Å²) in [4.78, 5) is 0.347. The second-order valence-corrected chi connectivity index (χ2v) is 7.36. The fourth-order valence-corrected chi connectivity index (χ4v) is 4.20. The number of hydrogen-bond donors (Lipinski definition) is 1. The third-order valence-corrected chi connectivity index (χ3v) is 5.93. The first-order valence-electron chi connectivity index (χ1n) is 6.68. The van der Waals surface area contributed by atoms with Gasteiger partial charge in [0.15, 0.2) is 0 Å². The molecule has 1 aromatic rings. The van der Waals surface area contributed by atoms with E-state index in [0.717, 1.165) is 24.0 Å². The molecular formula is C14H22N2O2S. The van der Waals surface area contributed by atoms with Crippen LogP contribution in [0.5, 0.6) is 0 Å². The van der Waals surface area contributed by atoms with E-state index < -0.39 is 16.2 Å². The Morgan fingerprint density at radius 2 is 1.95 bits per heavy atom. The van der Waals surface area contributed by atoms with E-state index in [-0.39, 0.29) is 5.92 Å². The summed E-state index contributed by atoms with van der Waals surface area (Å²) in [5.41, 5.74) is 8.14. The molecule has 19 heavy (non-hydrogen) atoms. The predicted molar refractivity (Wildman–Crippen MR) is 76.2 cm³/mol. The van der Waals surface area contributed by atoms with Gasteiger partial charge in [0, 0.05) is 6.54 Å². The highest BCUT2D eigenvalue weighted by Crippen LogP contribution is 2.27. The molecular weight excluding hydrogens is 260 g/mol. The quantitative estimate of drug-likeness (QED) is 0.902. The molecule has 1 heterocycles. The Balaban J connectivity index is 2.38. The van der Waals surface area contributed by atoms with Crippen molar-refractivity contribution >= 4 is 10.0 Å². The summed E-state index contributed by atoms with van der Waals surface area (Å²) in [7, 11) is -3.48. The van der Waals surface area contributed by atoms with Crippen LogP contribution in [0.4, 0.5) is 0 Å². The highest BCUT2D eigenvalue weighted by atomic mass is 32.2. The second kappa shape index (κ2) is 5.23. The van der Waals surface area contributed by atoms with E-state index >= 15 is 0 Å². The first kappa shape index (κ1) is 14.5. The molecule has 2 atom stereocenters. The van der Waals surface area contributed by atoms with Gasteiger partial charge in [0.05, 0.1) is 11.1 Å². The molecule has 0 bridgehead atoms. The van der Waals surface area contributed by atoms with Crippen LogP contribution in [-0.2, 0) is 10.0 Å². The molecule has 0 amide bonds. The minimum absolute atomic E-state index is 0.204. The molecule has 1 aromatic carbocycles. The highest BCUT2D eigenvalue weighted by Gasteiger charge is 2.35. The van der Waals surface area contributed by atoms with Crippen LogP contribution >= 0.6 is 0 Å². The number of nitrogens with two attached hydrogens (primary N) is 1. The molecule has 4 nitrogen and oxygen atoms in total. The first-order valence-corrected chi connectivity index (χ1v) is 8.12. The number of sulfonamides is 1. The molecule has 0 aromatic heterocycles. The van der Waals surface area contributed by atoms with Gasteiger partial charge < -0.3 is 5.73 Å². The van der Waals surface area contributed by atoms with Crippen molar-refractivity contribution in [3.05, 3.63) is 29.3 Å². The number of aryl methyl sites for hydroxylation is 2. The van der Waals surface area contributed by atoms with Crippen LogP contribution in [0.1, 0.15) is 30.9 Å². The molecule has 2 N–H and O–H groups in total. The average Bonchev–Trinajstić information content (AvgIpc) is 2.35. The van der Waals surface area contributed by atoms with E-state index in [2.05, 4.69) is 0 Å². The third kappa shape index (κ3) is 2.68. The smallest absolute Gasteiger partial charge is 0.244 e. The van der Waals surface area contributed by atoms with Gasteiger partial charge in [-0.15, -0.1) is 0 Å². The van der Waals surface area contributed by atoms with Crippen LogP contribution in [0.15, 0.2) is 23.1 Å². The molecule has 2 unspecified atom stereocenters. The van der Waals surface area contributed by atoms with Crippen LogP contribution in [0, 0.1) is 19.8 Å². The fourth-order valence-electron chi connectivity index (χ4n) is 2.46. The van der Waals surface area contributed by atoms with Gasteiger partial charge in [0.25, 0.3) is 0 Å². The fraction of sp³-hybridized carbons (Fsp3) is 0.571. The molecule has 1 aliphatic rings. The summed E-state index contributed by atoms with van der Waals surface area (Å²) in [6.07, 6.45) is 1.44. The van der Waals surface area contributed by atoms with Crippen molar-refractivity contribution in [3.63, 3.8) is 0 Å². The van der Waals surface area contributed by atoms with Gasteiger partial charge in [-0.1, -0.05) is 13.0 Å². The SMILES string of the molecule is Cc1ccc(S(=O)(=O)N2CCCC(C)C2N)cc1C. The predicted octanol–water partition coefficient (Wildman–Crippen LogP) is 2.01. The number of piperidine rings is 1. The van der Waals surface area contributed by atoms with E-state index in [1.54, 1.807) is 12.1 Å². The second-order valence-electron chi connectivity index (χ2n) is 5.47. The lowest BCUT2D eigenvalue weighted by atomic mass is 9.99. The number of nitrogens with zero attached hydrogens (tertiary/aromatic N) is 1. The lowest BCUT2D eigenvalue weighted by Gasteiger charge is -2.36. The van der Waals surface area contributed by atoms with Crippen molar-refractivity contribution in [1.82, 2.24) is 4.31 Å². The maximum Gasteiger partial charge on any atom is 0.244 e. The number of hydrogen-bond acceptors (Lipinski definition) is 3. The third-order valence-electron chi connectivity index (χ3n) is 4.04. The Hall–Kier alpha value is -0.910. The Morgan fingerprint density at radius 3 is 2.58 bits per heavy atom. The Kier molecular flexibility index (Phi) is 3.99. The summed E-state index contributed by atoms with van der Waals surface area (Å²) in [6, 6.07) is 5.25. The zero-order chi connectivity index (χ0) is 14.2. The van der Waals surface area contributed by atoms with E-state index in [1.165, 1.54) is 4.31 Å². The molecule has 0 radical (unpaired) electrons. The van der Waals surface area contributed by atoms with Crippen molar-refractivity contribution in [3.8, 4) is 0 Å². The van der Waals surface area contributed by atoms with Crippen LogP contribution in [0.3, 0.4) is 0 Å². The molecule has 0 spiro atoms. The maximum absolute atomic E-state index is 12.7. The lowest BCUT2D eigenvalue weighted by molar-refractivity contribution is 0.192. The summed E-state index contributed by atoms with van der Waals surface area (Å²) in [6.45, 7) is 6.42. The van der Waals surface area contributed by atoms with Gasteiger partial charge in [-0.3, -0.25) is 0 Å². The normalized spacial score (nSPS) is 25.5. The van der Waals surface area contributed by atoms with Crippen molar-refractivity contribution in [2.75, 3.05) is 6.54 Å². The maximum atomic E-state index is 12.7. The van der Waals surface area contributed by atoms with E-state index in [4.69, 9.17) is 5.73 Å². The van der Waals surface area contributed by atoms with Gasteiger partial charge in [0.1, 0.15) is 0 Å². The van der Waals surface area contributed by atoms with E-state index in [9.17, 15) is 8.42 Å². The molecule has 106 valence electrons. The largest absolute Gasteiger partial charge is 0.315 e. The summed E-state index contributed by atoms with van der Waals surface area (Å²) in [5.74, 6) is 0.204. The van der Waals surface area contributed by atoms with E-state index in [0.29, 0.717) is 11.4 Å². The zero-order valence-corrected chi connectivity index (χ0v) is 12.6. The molecule has 2 rings (SSSR count). The lowest BCUT2D eigenvalue weighted by Crippen LogP contribution is -2.52. The minimum atomic E-state index is -3.48. The monoisotopic (exact) mass is 282 g/mol. The molecule has 1 fully saturated rings. The van der Waals surface area contributed by atoms with Gasteiger partial charge in [0.2, 0.25) is 10.0 Å². The molecule has 0 aliphatic carbocycles. The molecule has 5 heteroatoms. The van der Waals surface area contributed by atoms with Crippen LogP contribution in [0.2, 0.25) is 0 Å². The average molecular weight is 282 g/mol. The summed E-state index contributed by atoms with van der Waals surface area (Å²) < 4.78 is 26.8. The van der Waals surface area contributed by atoms with Gasteiger partial charge in [-0.05, 0) is 55.9 Å². The number of benzene rings is 1. The topological polar surface area (TPSA) is 63.4 Å². The van der Waals surface area contributed by atoms with Gasteiger partial charge in [-0.2, -0.15) is 4.31 Å². The minimum Gasteiger partial charge on any atom is -0.315 e. The summed E-state index contributed by atoms with van der Waals surface area (Å²) >= 11 is 0. The van der Waals surface area contributed by atoms with E-state index in [1.807, 2.05) is 26.8 Å².